The van der Waals surface area contributed by atoms with E-state index < -0.39 is 41.0 Å². The molecule has 0 saturated carbocycles. The maximum absolute atomic E-state index is 13.0. The highest BCUT2D eigenvalue weighted by molar-refractivity contribution is 5.92. The van der Waals surface area contributed by atoms with E-state index in [1.165, 1.54) is 21.1 Å². The molecule has 0 aliphatic carbocycles. The lowest BCUT2D eigenvalue weighted by molar-refractivity contribution is -0.143. The summed E-state index contributed by atoms with van der Waals surface area (Å²) in [5.74, 6) is -0.568. The second kappa shape index (κ2) is 8.85. The van der Waals surface area contributed by atoms with Crippen molar-refractivity contribution in [3.63, 3.8) is 0 Å². The zero-order valence-corrected chi connectivity index (χ0v) is 16.2. The van der Waals surface area contributed by atoms with Gasteiger partial charge in [0.05, 0.1) is 25.3 Å². The summed E-state index contributed by atoms with van der Waals surface area (Å²) in [7, 11) is 2.89. The number of benzene rings is 2. The average molecular weight is 435 g/mol. The monoisotopic (exact) mass is 435 g/mol. The summed E-state index contributed by atoms with van der Waals surface area (Å²) >= 11 is 0. The van der Waals surface area contributed by atoms with Gasteiger partial charge in [0.15, 0.2) is 11.5 Å². The van der Waals surface area contributed by atoms with Crippen LogP contribution in [0.1, 0.15) is 23.6 Å². The summed E-state index contributed by atoms with van der Waals surface area (Å²) in [5.41, 5.74) is -2.91. The van der Waals surface area contributed by atoms with Crippen LogP contribution in [-0.4, -0.2) is 20.1 Å². The Bertz CT molecular complexity index is 876. The molecule has 10 heteroatoms. The van der Waals surface area contributed by atoms with Gasteiger partial charge in [-0.05, 0) is 42.3 Å². The van der Waals surface area contributed by atoms with E-state index in [1.54, 1.807) is 18.2 Å². The van der Waals surface area contributed by atoms with Crippen LogP contribution in [0.4, 0.5) is 32.0 Å². The van der Waals surface area contributed by atoms with Gasteiger partial charge < -0.3 is 14.8 Å². The molecule has 0 fully saturated rings. The summed E-state index contributed by atoms with van der Waals surface area (Å²) in [4.78, 5) is 12.4. The van der Waals surface area contributed by atoms with Gasteiger partial charge in [0.25, 0.3) is 0 Å². The van der Waals surface area contributed by atoms with Crippen molar-refractivity contribution in [2.45, 2.75) is 25.7 Å². The smallest absolute Gasteiger partial charge is 0.416 e. The van der Waals surface area contributed by atoms with Gasteiger partial charge in [0.1, 0.15) is 0 Å². The molecule has 1 amide bonds. The molecule has 0 aliphatic heterocycles. The number of anilines is 1. The number of carbonyl (C=O) groups is 1. The van der Waals surface area contributed by atoms with Crippen LogP contribution in [0.2, 0.25) is 0 Å². The minimum Gasteiger partial charge on any atom is -0.493 e. The van der Waals surface area contributed by atoms with Crippen LogP contribution in [-0.2, 0) is 23.6 Å². The van der Waals surface area contributed by atoms with Gasteiger partial charge in [0.2, 0.25) is 5.91 Å². The first-order valence-corrected chi connectivity index (χ1v) is 8.66. The molecule has 1 unspecified atom stereocenters. The molecule has 1 atom stereocenters. The van der Waals surface area contributed by atoms with Crippen LogP contribution >= 0.6 is 0 Å². The van der Waals surface area contributed by atoms with E-state index in [1.807, 2.05) is 0 Å². The van der Waals surface area contributed by atoms with Gasteiger partial charge in [-0.15, -0.1) is 0 Å². The predicted molar refractivity (Wildman–Crippen MR) is 97.5 cm³/mol. The third-order valence-electron chi connectivity index (χ3n) is 4.29. The van der Waals surface area contributed by atoms with E-state index in [0.717, 1.165) is 0 Å². The zero-order valence-electron chi connectivity index (χ0n) is 16.2. The molecule has 0 heterocycles. The van der Waals surface area contributed by atoms with E-state index in [9.17, 15) is 31.1 Å². The zero-order chi connectivity index (χ0) is 22.7. The Labute approximate surface area is 168 Å². The Morgan fingerprint density at radius 3 is 1.90 bits per heavy atom. The normalized spacial score (nSPS) is 13.0. The van der Waals surface area contributed by atoms with Crippen LogP contribution in [0.15, 0.2) is 36.4 Å². The number of alkyl halides is 6. The third-order valence-corrected chi connectivity index (χ3v) is 4.29. The van der Waals surface area contributed by atoms with Gasteiger partial charge in [-0.25, -0.2) is 0 Å². The van der Waals surface area contributed by atoms with Gasteiger partial charge in [-0.3, -0.25) is 4.79 Å². The molecule has 1 N–H and O–H groups in total. The van der Waals surface area contributed by atoms with E-state index in [-0.39, 0.29) is 12.5 Å². The molecule has 2 aromatic carbocycles. The Morgan fingerprint density at radius 1 is 0.900 bits per heavy atom. The minimum atomic E-state index is -4.99. The summed E-state index contributed by atoms with van der Waals surface area (Å²) in [6.45, 7) is 1.50. The molecule has 0 radical (unpaired) electrons. The molecule has 30 heavy (non-hydrogen) atoms. The molecule has 2 aromatic rings. The van der Waals surface area contributed by atoms with Crippen molar-refractivity contribution in [1.82, 2.24) is 0 Å². The molecule has 0 aromatic heterocycles. The summed E-state index contributed by atoms with van der Waals surface area (Å²) in [6.07, 6.45) is -9.81. The largest absolute Gasteiger partial charge is 0.493 e. The van der Waals surface area contributed by atoms with Crippen molar-refractivity contribution < 1.29 is 40.6 Å². The van der Waals surface area contributed by atoms with E-state index >= 15 is 0 Å². The van der Waals surface area contributed by atoms with Crippen LogP contribution in [0.3, 0.4) is 0 Å². The number of carbonyl (C=O) groups excluding carboxylic acids is 1. The van der Waals surface area contributed by atoms with Crippen LogP contribution in [0, 0.1) is 5.92 Å². The topological polar surface area (TPSA) is 47.6 Å². The van der Waals surface area contributed by atoms with Crippen molar-refractivity contribution >= 4 is 11.6 Å². The van der Waals surface area contributed by atoms with Crippen LogP contribution < -0.4 is 14.8 Å². The van der Waals surface area contributed by atoms with Crippen molar-refractivity contribution in [2.24, 2.45) is 5.92 Å². The van der Waals surface area contributed by atoms with Crippen molar-refractivity contribution in [1.29, 1.82) is 0 Å². The van der Waals surface area contributed by atoms with Crippen LogP contribution in [0.25, 0.3) is 0 Å². The average Bonchev–Trinajstić information content (AvgIpc) is 2.66. The Hall–Kier alpha value is -2.91. The number of hydrogen-bond donors (Lipinski definition) is 1. The number of methoxy groups -OCH3 is 2. The molecule has 0 aliphatic rings. The first kappa shape index (κ1) is 23.4. The minimum absolute atomic E-state index is 0.00270. The number of hydrogen-bond acceptors (Lipinski definition) is 3. The fraction of sp³-hybridized carbons (Fsp3) is 0.350. The quantitative estimate of drug-likeness (QED) is 0.605. The first-order chi connectivity index (χ1) is 13.8. The summed E-state index contributed by atoms with van der Waals surface area (Å²) < 4.78 is 88.0. The number of rotatable bonds is 6. The van der Waals surface area contributed by atoms with E-state index in [0.29, 0.717) is 29.2 Å². The fourth-order valence-corrected chi connectivity index (χ4v) is 2.75. The lowest BCUT2D eigenvalue weighted by atomic mass is 9.99. The third kappa shape index (κ3) is 5.80. The lowest BCUT2D eigenvalue weighted by Gasteiger charge is -2.17. The maximum atomic E-state index is 13.0. The second-order valence-electron chi connectivity index (χ2n) is 6.58. The van der Waals surface area contributed by atoms with Gasteiger partial charge >= 0.3 is 12.4 Å². The number of nitrogens with one attached hydrogen (secondary N) is 1. The van der Waals surface area contributed by atoms with Crippen molar-refractivity contribution in [3.05, 3.63) is 53.1 Å². The summed E-state index contributed by atoms with van der Waals surface area (Å²) in [5, 5.41) is 2.14. The predicted octanol–water partition coefficient (Wildman–Crippen LogP) is 5.56. The molecule has 0 spiro atoms. The second-order valence-corrected chi connectivity index (χ2v) is 6.58. The molecular formula is C20H19F6NO3. The van der Waals surface area contributed by atoms with E-state index in [4.69, 9.17) is 9.47 Å². The Kier molecular flexibility index (Phi) is 6.89. The molecule has 0 bridgehead atoms. The van der Waals surface area contributed by atoms with Gasteiger partial charge in [-0.2, -0.15) is 26.3 Å². The highest BCUT2D eigenvalue weighted by Crippen LogP contribution is 2.37. The first-order valence-electron chi connectivity index (χ1n) is 8.66. The fourth-order valence-electron chi connectivity index (χ4n) is 2.75. The molecule has 4 nitrogen and oxygen atoms in total. The number of ether oxygens (including phenoxy) is 2. The number of halogens is 6. The standard InChI is InChI=1S/C20H19F6NO3/c1-11(6-12-4-5-16(29-2)17(7-12)30-3)18(28)27-15-9-13(19(21,22)23)8-14(10-15)20(24,25)26/h4-5,7-11H,6H2,1-3H3,(H,27,28). The van der Waals surface area contributed by atoms with Crippen molar-refractivity contribution in [3.8, 4) is 11.5 Å². The Morgan fingerprint density at radius 2 is 1.43 bits per heavy atom. The molecule has 164 valence electrons. The molecule has 0 saturated heterocycles. The highest BCUT2D eigenvalue weighted by Gasteiger charge is 2.37. The highest BCUT2D eigenvalue weighted by atomic mass is 19.4. The lowest BCUT2D eigenvalue weighted by Crippen LogP contribution is -2.23. The summed E-state index contributed by atoms with van der Waals surface area (Å²) in [6, 6.07) is 5.88. The Balaban J connectivity index is 2.22. The molecule has 2 rings (SSSR count). The SMILES string of the molecule is COc1ccc(CC(C)C(=O)Nc2cc(C(F)(F)F)cc(C(F)(F)F)c2)cc1OC. The maximum Gasteiger partial charge on any atom is 0.416 e. The van der Waals surface area contributed by atoms with Crippen LogP contribution in [0.5, 0.6) is 11.5 Å². The van der Waals surface area contributed by atoms with Crippen molar-refractivity contribution in [2.75, 3.05) is 19.5 Å². The van der Waals surface area contributed by atoms with Gasteiger partial charge in [0, 0.05) is 11.6 Å². The number of amides is 1. The van der Waals surface area contributed by atoms with E-state index in [2.05, 4.69) is 5.32 Å². The van der Waals surface area contributed by atoms with Gasteiger partial charge in [-0.1, -0.05) is 13.0 Å². The molecular weight excluding hydrogens is 416 g/mol.